The van der Waals surface area contributed by atoms with Gasteiger partial charge in [-0.05, 0) is 36.6 Å². The number of halogens is 1. The maximum atomic E-state index is 5.33. The number of guanidine groups is 1. The van der Waals surface area contributed by atoms with Gasteiger partial charge in [0.25, 0.3) is 0 Å². The summed E-state index contributed by atoms with van der Waals surface area (Å²) in [5.74, 6) is 2.22. The predicted octanol–water partition coefficient (Wildman–Crippen LogP) is 2.58. The van der Waals surface area contributed by atoms with Crippen molar-refractivity contribution >= 4 is 29.9 Å². The Labute approximate surface area is 172 Å². The van der Waals surface area contributed by atoms with E-state index in [1.165, 1.54) is 5.56 Å². The number of nitrogens with one attached hydrogen (secondary N) is 2. The number of nitrogens with zero attached hydrogens (tertiary/aromatic N) is 3. The van der Waals surface area contributed by atoms with Gasteiger partial charge in [-0.1, -0.05) is 6.07 Å². The lowest BCUT2D eigenvalue weighted by Crippen LogP contribution is -2.37. The Morgan fingerprint density at radius 1 is 1.19 bits per heavy atom. The van der Waals surface area contributed by atoms with Crippen molar-refractivity contribution in [2.45, 2.75) is 26.4 Å². The lowest BCUT2D eigenvalue weighted by molar-refractivity contribution is 0.354. The van der Waals surface area contributed by atoms with Crippen LogP contribution in [-0.4, -0.2) is 43.6 Å². The zero-order valence-electron chi connectivity index (χ0n) is 15.8. The van der Waals surface area contributed by atoms with Gasteiger partial charge in [0.15, 0.2) is 17.5 Å². The first-order chi connectivity index (χ1) is 12.2. The minimum absolute atomic E-state index is 0. The smallest absolute Gasteiger partial charge is 0.191 e. The maximum absolute atomic E-state index is 5.33. The molecule has 0 saturated carbocycles. The summed E-state index contributed by atoms with van der Waals surface area (Å²) in [6.45, 7) is 4.40. The van der Waals surface area contributed by atoms with Gasteiger partial charge in [-0.3, -0.25) is 9.67 Å². The van der Waals surface area contributed by atoms with Crippen LogP contribution in [0.15, 0.2) is 35.6 Å². The molecule has 0 unspecified atom stereocenters. The minimum atomic E-state index is 0. The molecule has 0 amide bonds. The molecular formula is C18H28IN5O2. The molecule has 0 spiro atoms. The molecular weight excluding hydrogens is 445 g/mol. The molecule has 2 rings (SSSR count). The molecule has 0 aliphatic heterocycles. The zero-order chi connectivity index (χ0) is 18.1. The van der Waals surface area contributed by atoms with Crippen LogP contribution in [-0.2, 0) is 13.1 Å². The van der Waals surface area contributed by atoms with Crippen molar-refractivity contribution in [2.24, 2.45) is 4.99 Å². The molecule has 0 aliphatic carbocycles. The summed E-state index contributed by atoms with van der Waals surface area (Å²) in [5.41, 5.74) is 2.27. The topological polar surface area (TPSA) is 72.7 Å². The molecule has 2 N–H and O–H groups in total. The summed E-state index contributed by atoms with van der Waals surface area (Å²) in [6, 6.07) is 5.86. The summed E-state index contributed by atoms with van der Waals surface area (Å²) in [6.07, 6.45) is 4.89. The van der Waals surface area contributed by atoms with Crippen LogP contribution in [0, 0.1) is 6.92 Å². The van der Waals surface area contributed by atoms with Crippen molar-refractivity contribution in [3.05, 3.63) is 41.7 Å². The van der Waals surface area contributed by atoms with Gasteiger partial charge >= 0.3 is 0 Å². The van der Waals surface area contributed by atoms with Gasteiger partial charge in [0, 0.05) is 32.9 Å². The Kier molecular flexibility index (Phi) is 9.85. The van der Waals surface area contributed by atoms with Gasteiger partial charge < -0.3 is 20.1 Å². The molecule has 2 aromatic rings. The molecule has 8 heteroatoms. The normalized spacial score (nSPS) is 10.8. The molecule has 1 heterocycles. The number of aliphatic imine (C=N–C) groups is 1. The zero-order valence-corrected chi connectivity index (χ0v) is 18.1. The van der Waals surface area contributed by atoms with E-state index >= 15 is 0 Å². The van der Waals surface area contributed by atoms with E-state index in [0.29, 0.717) is 6.54 Å². The molecule has 0 bridgehead atoms. The fourth-order valence-corrected chi connectivity index (χ4v) is 2.43. The number of aryl methyl sites for hydroxylation is 2. The summed E-state index contributed by atoms with van der Waals surface area (Å²) < 4.78 is 12.5. The number of aromatic nitrogens is 2. The first kappa shape index (κ1) is 22.1. The highest BCUT2D eigenvalue weighted by Crippen LogP contribution is 2.27. The number of hydrogen-bond donors (Lipinski definition) is 2. The molecule has 0 fully saturated rings. The van der Waals surface area contributed by atoms with Crippen molar-refractivity contribution in [3.8, 4) is 11.5 Å². The summed E-state index contributed by atoms with van der Waals surface area (Å²) >= 11 is 0. The summed E-state index contributed by atoms with van der Waals surface area (Å²) in [5, 5.41) is 10.9. The molecule has 144 valence electrons. The number of methoxy groups -OCH3 is 2. The first-order valence-corrected chi connectivity index (χ1v) is 8.30. The largest absolute Gasteiger partial charge is 0.493 e. The van der Waals surface area contributed by atoms with Crippen LogP contribution in [0.1, 0.15) is 17.5 Å². The van der Waals surface area contributed by atoms with Crippen LogP contribution < -0.4 is 20.1 Å². The van der Waals surface area contributed by atoms with Crippen LogP contribution in [0.2, 0.25) is 0 Å². The van der Waals surface area contributed by atoms with Crippen molar-refractivity contribution in [1.82, 2.24) is 20.4 Å². The standard InChI is InChI=1S/C18H27N5O2.HI/c1-14-11-22-23(13-14)9-5-8-20-18(19-2)21-12-15-6-7-16(24-3)17(10-15)25-4;/h6-7,10-11,13H,5,8-9,12H2,1-4H3,(H2,19,20,21);1H. The highest BCUT2D eigenvalue weighted by atomic mass is 127. The lowest BCUT2D eigenvalue weighted by Gasteiger charge is -2.13. The SMILES string of the molecule is CN=C(NCCCn1cc(C)cn1)NCc1ccc(OC)c(OC)c1.I. The van der Waals surface area contributed by atoms with Gasteiger partial charge in [-0.25, -0.2) is 0 Å². The molecule has 0 atom stereocenters. The molecule has 0 aliphatic rings. The van der Waals surface area contributed by atoms with Crippen molar-refractivity contribution < 1.29 is 9.47 Å². The predicted molar refractivity (Wildman–Crippen MR) is 115 cm³/mol. The number of rotatable bonds is 8. The number of benzene rings is 1. The van der Waals surface area contributed by atoms with Crippen LogP contribution >= 0.6 is 24.0 Å². The number of ether oxygens (including phenoxy) is 2. The minimum Gasteiger partial charge on any atom is -0.493 e. The van der Waals surface area contributed by atoms with E-state index in [4.69, 9.17) is 9.47 Å². The van der Waals surface area contributed by atoms with E-state index in [0.717, 1.165) is 42.5 Å². The maximum Gasteiger partial charge on any atom is 0.191 e. The van der Waals surface area contributed by atoms with Crippen LogP contribution in [0.25, 0.3) is 0 Å². The van der Waals surface area contributed by atoms with E-state index in [9.17, 15) is 0 Å². The molecule has 26 heavy (non-hydrogen) atoms. The highest BCUT2D eigenvalue weighted by molar-refractivity contribution is 14.0. The Morgan fingerprint density at radius 2 is 1.96 bits per heavy atom. The summed E-state index contributed by atoms with van der Waals surface area (Å²) in [7, 11) is 5.03. The quantitative estimate of drug-likeness (QED) is 0.267. The Bertz CT molecular complexity index is 703. The first-order valence-electron chi connectivity index (χ1n) is 8.30. The molecule has 7 nitrogen and oxygen atoms in total. The lowest BCUT2D eigenvalue weighted by atomic mass is 10.2. The average molecular weight is 473 g/mol. The van der Waals surface area contributed by atoms with E-state index in [1.54, 1.807) is 21.3 Å². The second-order valence-electron chi connectivity index (χ2n) is 5.68. The summed E-state index contributed by atoms with van der Waals surface area (Å²) in [4.78, 5) is 4.24. The number of hydrogen-bond acceptors (Lipinski definition) is 4. The van der Waals surface area contributed by atoms with Gasteiger partial charge in [0.1, 0.15) is 0 Å². The van der Waals surface area contributed by atoms with E-state index in [-0.39, 0.29) is 24.0 Å². The molecule has 1 aromatic carbocycles. The third-order valence-electron chi connectivity index (χ3n) is 3.75. The highest BCUT2D eigenvalue weighted by Gasteiger charge is 2.05. The van der Waals surface area contributed by atoms with Crippen LogP contribution in [0.3, 0.4) is 0 Å². The van der Waals surface area contributed by atoms with Gasteiger partial charge in [0.05, 0.1) is 20.4 Å². The van der Waals surface area contributed by atoms with Crippen molar-refractivity contribution in [2.75, 3.05) is 27.8 Å². The fraction of sp³-hybridized carbons (Fsp3) is 0.444. The van der Waals surface area contributed by atoms with Gasteiger partial charge in [0.2, 0.25) is 0 Å². The Balaban J connectivity index is 0.00000338. The van der Waals surface area contributed by atoms with Crippen molar-refractivity contribution in [3.63, 3.8) is 0 Å². The molecule has 1 aromatic heterocycles. The second-order valence-corrected chi connectivity index (χ2v) is 5.68. The second kappa shape index (κ2) is 11.6. The van der Waals surface area contributed by atoms with Crippen LogP contribution in [0.4, 0.5) is 0 Å². The third-order valence-corrected chi connectivity index (χ3v) is 3.75. The molecule has 0 saturated heterocycles. The monoisotopic (exact) mass is 473 g/mol. The van der Waals surface area contributed by atoms with Crippen molar-refractivity contribution in [1.29, 1.82) is 0 Å². The Morgan fingerprint density at radius 3 is 2.58 bits per heavy atom. The van der Waals surface area contributed by atoms with E-state index in [1.807, 2.05) is 42.2 Å². The van der Waals surface area contributed by atoms with Gasteiger partial charge in [-0.2, -0.15) is 5.10 Å². The fourth-order valence-electron chi connectivity index (χ4n) is 2.43. The Hall–Kier alpha value is -1.97. The van der Waals surface area contributed by atoms with Gasteiger partial charge in [-0.15, -0.1) is 24.0 Å². The van der Waals surface area contributed by atoms with Crippen LogP contribution in [0.5, 0.6) is 11.5 Å². The average Bonchev–Trinajstić information content (AvgIpc) is 3.06. The van der Waals surface area contributed by atoms with E-state index < -0.39 is 0 Å². The molecule has 0 radical (unpaired) electrons. The van der Waals surface area contributed by atoms with E-state index in [2.05, 4.69) is 20.7 Å². The third kappa shape index (κ3) is 6.74.